The normalized spacial score (nSPS) is 25.3. The molecular weight excluding hydrogens is 345 g/mol. The summed E-state index contributed by atoms with van der Waals surface area (Å²) in [4.78, 5) is 2.23. The fraction of sp³-hybridized carbons (Fsp3) is 0.647. The van der Waals surface area contributed by atoms with Crippen LogP contribution in [0, 0.1) is 11.7 Å². The lowest BCUT2D eigenvalue weighted by Gasteiger charge is -2.36. The Morgan fingerprint density at radius 3 is 2.64 bits per heavy atom. The zero-order chi connectivity index (χ0) is 18.2. The maximum Gasteiger partial charge on any atom is 0.281 e. The minimum atomic E-state index is -3.41. The van der Waals surface area contributed by atoms with Gasteiger partial charge in [0.05, 0.1) is 7.11 Å². The number of halogens is 1. The number of hydrogen-bond acceptors (Lipinski definition) is 4. The van der Waals surface area contributed by atoms with E-state index >= 15 is 0 Å². The first-order valence-electron chi connectivity index (χ1n) is 8.55. The lowest BCUT2D eigenvalue weighted by atomic mass is 9.94. The van der Waals surface area contributed by atoms with E-state index in [1.807, 2.05) is 0 Å². The molecule has 3 fully saturated rings. The lowest BCUT2D eigenvalue weighted by Crippen LogP contribution is -2.46. The van der Waals surface area contributed by atoms with E-state index in [4.69, 9.17) is 4.74 Å². The molecule has 8 heteroatoms. The standard InChI is InChI=1S/C17H26FN3O3S/c1-19(2)25(22,23)21-10-13-4-6-15(12-21)20(9-13)11-14-5-7-16(24-3)8-17(14)18/h5,7-8,13,15H,4,6,9-12H2,1-3H3. The van der Waals surface area contributed by atoms with E-state index in [0.717, 1.165) is 19.4 Å². The first-order chi connectivity index (χ1) is 11.8. The van der Waals surface area contributed by atoms with Crippen LogP contribution >= 0.6 is 0 Å². The Morgan fingerprint density at radius 2 is 2.00 bits per heavy atom. The molecule has 3 heterocycles. The minimum Gasteiger partial charge on any atom is -0.497 e. The van der Waals surface area contributed by atoms with E-state index in [9.17, 15) is 12.8 Å². The summed E-state index contributed by atoms with van der Waals surface area (Å²) >= 11 is 0. The van der Waals surface area contributed by atoms with E-state index in [2.05, 4.69) is 4.90 Å². The highest BCUT2D eigenvalue weighted by Gasteiger charge is 2.39. The van der Waals surface area contributed by atoms with Crippen LogP contribution in [0.4, 0.5) is 4.39 Å². The van der Waals surface area contributed by atoms with Gasteiger partial charge in [0.1, 0.15) is 11.6 Å². The van der Waals surface area contributed by atoms with Gasteiger partial charge in [-0.15, -0.1) is 0 Å². The van der Waals surface area contributed by atoms with Crippen LogP contribution in [0.2, 0.25) is 0 Å². The molecule has 4 rings (SSSR count). The fourth-order valence-corrected chi connectivity index (χ4v) is 4.97. The summed E-state index contributed by atoms with van der Waals surface area (Å²) in [5, 5.41) is 0. The molecule has 0 radical (unpaired) electrons. The average molecular weight is 371 g/mol. The largest absolute Gasteiger partial charge is 0.497 e. The van der Waals surface area contributed by atoms with Crippen LogP contribution < -0.4 is 4.74 Å². The molecule has 0 saturated carbocycles. The van der Waals surface area contributed by atoms with Gasteiger partial charge in [-0.1, -0.05) is 6.07 Å². The molecule has 3 saturated heterocycles. The summed E-state index contributed by atoms with van der Waals surface area (Å²) in [5.74, 6) is 0.508. The Labute approximate surface area is 149 Å². The van der Waals surface area contributed by atoms with E-state index in [-0.39, 0.29) is 17.8 Å². The summed E-state index contributed by atoms with van der Waals surface area (Å²) in [7, 11) is 1.23. The van der Waals surface area contributed by atoms with Crippen molar-refractivity contribution in [3.63, 3.8) is 0 Å². The van der Waals surface area contributed by atoms with Crippen molar-refractivity contribution in [2.24, 2.45) is 5.92 Å². The van der Waals surface area contributed by atoms with Crippen molar-refractivity contribution < 1.29 is 17.5 Å². The second kappa shape index (κ2) is 7.19. The Kier molecular flexibility index (Phi) is 5.34. The van der Waals surface area contributed by atoms with Gasteiger partial charge in [-0.05, 0) is 24.8 Å². The molecular formula is C17H26FN3O3S. The van der Waals surface area contributed by atoms with Gasteiger partial charge < -0.3 is 4.74 Å². The van der Waals surface area contributed by atoms with Crippen LogP contribution in [0.3, 0.4) is 0 Å². The Bertz CT molecular complexity index is 726. The third-order valence-corrected chi connectivity index (χ3v) is 7.09. The number of rotatable bonds is 5. The second-order valence-corrected chi connectivity index (χ2v) is 9.23. The van der Waals surface area contributed by atoms with Gasteiger partial charge in [0, 0.05) is 57.9 Å². The molecule has 2 bridgehead atoms. The Balaban J connectivity index is 1.77. The van der Waals surface area contributed by atoms with Crippen LogP contribution in [0.5, 0.6) is 5.75 Å². The second-order valence-electron chi connectivity index (χ2n) is 7.09. The maximum absolute atomic E-state index is 14.3. The van der Waals surface area contributed by atoms with Crippen molar-refractivity contribution in [2.75, 3.05) is 40.8 Å². The van der Waals surface area contributed by atoms with Crippen LogP contribution in [-0.2, 0) is 16.8 Å². The van der Waals surface area contributed by atoms with Crippen molar-refractivity contribution in [3.8, 4) is 5.75 Å². The van der Waals surface area contributed by atoms with Gasteiger partial charge in [-0.3, -0.25) is 4.90 Å². The van der Waals surface area contributed by atoms with Crippen molar-refractivity contribution in [2.45, 2.75) is 25.4 Å². The molecule has 1 aromatic rings. The Hall–Kier alpha value is -1.22. The van der Waals surface area contributed by atoms with Crippen LogP contribution in [0.15, 0.2) is 18.2 Å². The number of hydrogen-bond donors (Lipinski definition) is 0. The molecule has 0 N–H and O–H groups in total. The zero-order valence-corrected chi connectivity index (χ0v) is 15.8. The monoisotopic (exact) mass is 371 g/mol. The van der Waals surface area contributed by atoms with Gasteiger partial charge in [0.15, 0.2) is 0 Å². The summed E-state index contributed by atoms with van der Waals surface area (Å²) in [6, 6.07) is 5.03. The fourth-order valence-electron chi connectivity index (χ4n) is 3.75. The van der Waals surface area contributed by atoms with E-state index < -0.39 is 10.2 Å². The molecule has 3 aliphatic rings. The molecule has 1 aromatic carbocycles. The van der Waals surface area contributed by atoms with Crippen molar-refractivity contribution in [1.29, 1.82) is 0 Å². The summed E-state index contributed by atoms with van der Waals surface area (Å²) in [5.41, 5.74) is 0.621. The molecule has 0 aliphatic carbocycles. The van der Waals surface area contributed by atoms with Crippen molar-refractivity contribution >= 4 is 10.2 Å². The number of ether oxygens (including phenoxy) is 1. The summed E-state index contributed by atoms with van der Waals surface area (Å²) < 4.78 is 47.2. The number of piperidine rings is 1. The van der Waals surface area contributed by atoms with Crippen LogP contribution in [-0.4, -0.2) is 68.8 Å². The van der Waals surface area contributed by atoms with Gasteiger partial charge in [0.25, 0.3) is 10.2 Å². The lowest BCUT2D eigenvalue weighted by molar-refractivity contribution is 0.124. The van der Waals surface area contributed by atoms with Crippen LogP contribution in [0.1, 0.15) is 18.4 Å². The van der Waals surface area contributed by atoms with E-state index in [1.54, 1.807) is 30.5 Å². The molecule has 2 unspecified atom stereocenters. The molecule has 3 aliphatic heterocycles. The number of nitrogens with zero attached hydrogens (tertiary/aromatic N) is 3. The van der Waals surface area contributed by atoms with Crippen molar-refractivity contribution in [3.05, 3.63) is 29.6 Å². The molecule has 0 aromatic heterocycles. The molecule has 140 valence electrons. The minimum absolute atomic E-state index is 0.120. The highest BCUT2D eigenvalue weighted by atomic mass is 32.2. The SMILES string of the molecule is COc1ccc(CN2CC3CCC2CN(S(=O)(=O)N(C)C)C3)c(F)c1. The molecule has 6 nitrogen and oxygen atoms in total. The number of benzene rings is 1. The topological polar surface area (TPSA) is 53.1 Å². The molecule has 0 amide bonds. The third kappa shape index (κ3) is 3.81. The first kappa shape index (κ1) is 18.6. The van der Waals surface area contributed by atoms with Gasteiger partial charge in [-0.25, -0.2) is 4.39 Å². The summed E-state index contributed by atoms with van der Waals surface area (Å²) in [6.07, 6.45) is 1.97. The highest BCUT2D eigenvalue weighted by molar-refractivity contribution is 7.86. The maximum atomic E-state index is 14.3. The smallest absolute Gasteiger partial charge is 0.281 e. The van der Waals surface area contributed by atoms with E-state index in [0.29, 0.717) is 30.9 Å². The quantitative estimate of drug-likeness (QED) is 0.788. The average Bonchev–Trinajstić information content (AvgIpc) is 2.89. The molecule has 25 heavy (non-hydrogen) atoms. The van der Waals surface area contributed by atoms with Gasteiger partial charge in [-0.2, -0.15) is 17.0 Å². The zero-order valence-electron chi connectivity index (χ0n) is 15.0. The highest BCUT2D eigenvalue weighted by Crippen LogP contribution is 2.31. The number of methoxy groups -OCH3 is 1. The van der Waals surface area contributed by atoms with Crippen molar-refractivity contribution in [1.82, 2.24) is 13.5 Å². The predicted molar refractivity (Wildman–Crippen MR) is 94.1 cm³/mol. The molecule has 2 atom stereocenters. The summed E-state index contributed by atoms with van der Waals surface area (Å²) in [6.45, 7) is 2.30. The third-order valence-electron chi connectivity index (χ3n) is 5.21. The van der Waals surface area contributed by atoms with Gasteiger partial charge >= 0.3 is 0 Å². The first-order valence-corrected chi connectivity index (χ1v) is 9.95. The molecule has 0 spiro atoms. The van der Waals surface area contributed by atoms with E-state index in [1.165, 1.54) is 17.5 Å². The van der Waals surface area contributed by atoms with Crippen LogP contribution in [0.25, 0.3) is 0 Å². The predicted octanol–water partition coefficient (Wildman–Crippen LogP) is 1.54. The number of fused-ring (bicyclic) bond motifs is 4. The Morgan fingerprint density at radius 1 is 1.24 bits per heavy atom. The van der Waals surface area contributed by atoms with Gasteiger partial charge in [0.2, 0.25) is 0 Å².